The third kappa shape index (κ3) is 5.58. The van der Waals surface area contributed by atoms with Crippen LogP contribution in [0, 0.1) is 23.7 Å². The average molecular weight is 519 g/mol. The molecule has 2 saturated heterocycles. The van der Waals surface area contributed by atoms with Crippen LogP contribution in [-0.2, 0) is 23.9 Å². The number of cyclic esters (lactones) is 2. The van der Waals surface area contributed by atoms with Crippen molar-refractivity contribution in [3.63, 3.8) is 0 Å². The summed E-state index contributed by atoms with van der Waals surface area (Å²) in [5.41, 5.74) is 1.90. The fraction of sp³-hybridized carbons (Fsp3) is 0.484. The van der Waals surface area contributed by atoms with E-state index in [1.165, 1.54) is 4.90 Å². The van der Waals surface area contributed by atoms with Crippen LogP contribution in [0.5, 0.6) is 0 Å². The predicted octanol–water partition coefficient (Wildman–Crippen LogP) is 4.24. The number of rotatable bonds is 11. The number of hydrogen-bond acceptors (Lipinski definition) is 6. The smallest absolute Gasteiger partial charge is 0.318 e. The molecular weight excluding hydrogens is 480 g/mol. The summed E-state index contributed by atoms with van der Waals surface area (Å²) in [5.74, 6) is -4.43. The van der Waals surface area contributed by atoms with Gasteiger partial charge in [0.05, 0.1) is 23.7 Å². The maximum atomic E-state index is 14.0. The van der Waals surface area contributed by atoms with Gasteiger partial charge in [-0.25, -0.2) is 0 Å². The lowest BCUT2D eigenvalue weighted by molar-refractivity contribution is -0.154. The van der Waals surface area contributed by atoms with Gasteiger partial charge < -0.3 is 9.64 Å². The zero-order valence-corrected chi connectivity index (χ0v) is 22.7. The number of amides is 2. The van der Waals surface area contributed by atoms with E-state index in [0.29, 0.717) is 25.8 Å². The first-order chi connectivity index (χ1) is 18.2. The largest absolute Gasteiger partial charge is 0.393 e. The van der Waals surface area contributed by atoms with Gasteiger partial charge in [-0.1, -0.05) is 74.5 Å². The van der Waals surface area contributed by atoms with Gasteiger partial charge >= 0.3 is 11.9 Å². The van der Waals surface area contributed by atoms with E-state index in [0.717, 1.165) is 17.7 Å². The van der Waals surface area contributed by atoms with Gasteiger partial charge in [-0.2, -0.15) is 0 Å². The van der Waals surface area contributed by atoms with Crippen LogP contribution in [0.1, 0.15) is 56.1 Å². The summed E-state index contributed by atoms with van der Waals surface area (Å²) in [4.78, 5) is 56.6. The van der Waals surface area contributed by atoms with Crippen molar-refractivity contribution in [2.24, 2.45) is 23.7 Å². The minimum absolute atomic E-state index is 0.137. The quantitative estimate of drug-likeness (QED) is 0.251. The number of ether oxygens (including phenoxy) is 1. The molecule has 0 N–H and O–H groups in total. The molecule has 7 heteroatoms. The topological polar surface area (TPSA) is 84.0 Å². The molecule has 2 aromatic carbocycles. The van der Waals surface area contributed by atoms with Gasteiger partial charge in [-0.15, -0.1) is 0 Å². The fourth-order valence-corrected chi connectivity index (χ4v) is 6.26. The molecular formula is C31H38N2O5. The maximum Gasteiger partial charge on any atom is 0.318 e. The Hall–Kier alpha value is -3.32. The minimum atomic E-state index is -0.701. The summed E-state index contributed by atoms with van der Waals surface area (Å²) >= 11 is 0. The zero-order chi connectivity index (χ0) is 27.4. The second-order valence-corrected chi connectivity index (χ2v) is 10.9. The normalized spacial score (nSPS) is 25.2. The predicted molar refractivity (Wildman–Crippen MR) is 144 cm³/mol. The molecule has 6 unspecified atom stereocenters. The molecule has 202 valence electrons. The monoisotopic (exact) mass is 518 g/mol. The van der Waals surface area contributed by atoms with Crippen LogP contribution in [0.15, 0.2) is 60.7 Å². The third-order valence-electron chi connectivity index (χ3n) is 8.21. The van der Waals surface area contributed by atoms with Gasteiger partial charge in [-0.3, -0.25) is 24.1 Å². The Morgan fingerprint density at radius 3 is 1.89 bits per heavy atom. The molecule has 0 radical (unpaired) electrons. The summed E-state index contributed by atoms with van der Waals surface area (Å²) in [6.07, 6.45) is 1.69. The Kier molecular flexibility index (Phi) is 8.77. The maximum absolute atomic E-state index is 14.0. The highest BCUT2D eigenvalue weighted by atomic mass is 16.6. The number of benzene rings is 2. The number of hydrogen-bond donors (Lipinski definition) is 0. The van der Waals surface area contributed by atoms with Gasteiger partial charge in [0.15, 0.2) is 0 Å². The van der Waals surface area contributed by atoms with E-state index >= 15 is 0 Å². The molecule has 4 rings (SSSR count). The first-order valence-electron chi connectivity index (χ1n) is 13.6. The molecule has 0 aromatic heterocycles. The van der Waals surface area contributed by atoms with Gasteiger partial charge in [0.1, 0.15) is 0 Å². The SMILES string of the molecule is CCC(c1ccccc1)C1C(=O)N(CCCN(C)C)C(=O)C1CC(c1ccccc1)C1C(=O)OC(=O)C1C. The third-order valence-corrected chi connectivity index (χ3v) is 8.21. The number of nitrogens with zero attached hydrogens (tertiary/aromatic N) is 2. The van der Waals surface area contributed by atoms with E-state index in [9.17, 15) is 19.2 Å². The number of carbonyl (C=O) groups excluding carboxylic acids is 4. The highest BCUT2D eigenvalue weighted by Gasteiger charge is 2.54. The van der Waals surface area contributed by atoms with Crippen LogP contribution < -0.4 is 0 Å². The Morgan fingerprint density at radius 1 is 0.816 bits per heavy atom. The summed E-state index contributed by atoms with van der Waals surface area (Å²) in [6, 6.07) is 19.4. The van der Waals surface area contributed by atoms with Crippen LogP contribution >= 0.6 is 0 Å². The van der Waals surface area contributed by atoms with Gasteiger partial charge in [0.25, 0.3) is 0 Å². The Balaban J connectivity index is 1.73. The average Bonchev–Trinajstić information content (AvgIpc) is 3.29. The standard InChI is InChI=1S/C31H38N2O5/c1-5-23(21-13-8-6-9-14-21)27-25(28(34)33(29(27)35)18-12-17-32(3)4)19-24(22-15-10-7-11-16-22)26-20(2)30(36)38-31(26)37/h6-11,13-16,20,23-27H,5,12,17-19H2,1-4H3. The second-order valence-electron chi connectivity index (χ2n) is 10.9. The molecule has 2 heterocycles. The summed E-state index contributed by atoms with van der Waals surface area (Å²) < 4.78 is 5.02. The highest BCUT2D eigenvalue weighted by molar-refractivity contribution is 6.05. The molecule has 2 fully saturated rings. The second kappa shape index (κ2) is 12.0. The van der Waals surface area contributed by atoms with Gasteiger partial charge in [0, 0.05) is 6.54 Å². The van der Waals surface area contributed by atoms with Crippen molar-refractivity contribution in [3.05, 3.63) is 71.8 Å². The van der Waals surface area contributed by atoms with Crippen molar-refractivity contribution >= 4 is 23.8 Å². The van der Waals surface area contributed by atoms with Crippen LogP contribution in [0.4, 0.5) is 0 Å². The van der Waals surface area contributed by atoms with Gasteiger partial charge in [-0.05, 0) is 62.9 Å². The van der Waals surface area contributed by atoms with Crippen molar-refractivity contribution in [1.82, 2.24) is 9.80 Å². The summed E-state index contributed by atoms with van der Waals surface area (Å²) in [6.45, 7) is 4.89. The summed E-state index contributed by atoms with van der Waals surface area (Å²) in [5, 5.41) is 0. The number of carbonyl (C=O) groups is 4. The molecule has 0 bridgehead atoms. The molecule has 2 amide bonds. The Labute approximate surface area is 225 Å². The van der Waals surface area contributed by atoms with E-state index in [4.69, 9.17) is 4.74 Å². The van der Waals surface area contributed by atoms with Gasteiger partial charge in [0.2, 0.25) is 11.8 Å². The lowest BCUT2D eigenvalue weighted by Gasteiger charge is -2.30. The first kappa shape index (κ1) is 27.7. The lowest BCUT2D eigenvalue weighted by atomic mass is 9.70. The first-order valence-corrected chi connectivity index (χ1v) is 13.6. The lowest BCUT2D eigenvalue weighted by Crippen LogP contribution is -2.34. The molecule has 2 aliphatic rings. The molecule has 2 aromatic rings. The molecule has 2 aliphatic heterocycles. The summed E-state index contributed by atoms with van der Waals surface area (Å²) in [7, 11) is 3.94. The molecule has 6 atom stereocenters. The van der Waals surface area contributed by atoms with Crippen molar-refractivity contribution < 1.29 is 23.9 Å². The zero-order valence-electron chi connectivity index (χ0n) is 22.7. The molecule has 0 saturated carbocycles. The van der Waals surface area contributed by atoms with Crippen molar-refractivity contribution in [1.29, 1.82) is 0 Å². The molecule has 0 spiro atoms. The van der Waals surface area contributed by atoms with E-state index in [-0.39, 0.29) is 17.7 Å². The van der Waals surface area contributed by atoms with E-state index in [1.54, 1.807) is 6.92 Å². The van der Waals surface area contributed by atoms with Crippen LogP contribution in [0.25, 0.3) is 0 Å². The van der Waals surface area contributed by atoms with Crippen molar-refractivity contribution in [2.75, 3.05) is 27.2 Å². The molecule has 0 aliphatic carbocycles. The Bertz CT molecular complexity index is 1150. The highest BCUT2D eigenvalue weighted by Crippen LogP contribution is 2.47. The Morgan fingerprint density at radius 2 is 1.39 bits per heavy atom. The number of likely N-dealkylation sites (tertiary alicyclic amines) is 1. The number of esters is 2. The molecule has 7 nitrogen and oxygen atoms in total. The van der Waals surface area contributed by atoms with Crippen molar-refractivity contribution in [3.8, 4) is 0 Å². The van der Waals surface area contributed by atoms with Crippen LogP contribution in [0.2, 0.25) is 0 Å². The van der Waals surface area contributed by atoms with Crippen LogP contribution in [0.3, 0.4) is 0 Å². The fourth-order valence-electron chi connectivity index (χ4n) is 6.26. The number of imide groups is 1. The van der Waals surface area contributed by atoms with Crippen LogP contribution in [-0.4, -0.2) is 60.7 Å². The van der Waals surface area contributed by atoms with Crippen molar-refractivity contribution in [2.45, 2.75) is 44.9 Å². The van der Waals surface area contributed by atoms with E-state index in [2.05, 4.69) is 0 Å². The van der Waals surface area contributed by atoms with E-state index < -0.39 is 41.5 Å². The van der Waals surface area contributed by atoms with E-state index in [1.807, 2.05) is 86.6 Å². The minimum Gasteiger partial charge on any atom is -0.393 e. The molecule has 38 heavy (non-hydrogen) atoms.